The van der Waals surface area contributed by atoms with Gasteiger partial charge < -0.3 is 15.0 Å². The number of aromatic nitrogens is 4. The number of tetrazole rings is 1. The molecule has 0 saturated carbocycles. The Bertz CT molecular complexity index is 1690. The number of anilines is 2. The van der Waals surface area contributed by atoms with Gasteiger partial charge in [-0.15, -0.1) is 23.4 Å². The molecule has 218 valence electrons. The van der Waals surface area contributed by atoms with E-state index in [9.17, 15) is 18.0 Å². The summed E-state index contributed by atoms with van der Waals surface area (Å²) in [5.74, 6) is 0.177. The van der Waals surface area contributed by atoms with Crippen molar-refractivity contribution in [2.45, 2.75) is 25.1 Å². The van der Waals surface area contributed by atoms with E-state index in [1.807, 2.05) is 60.7 Å². The quantitative estimate of drug-likeness (QED) is 0.213. The lowest BCUT2D eigenvalue weighted by molar-refractivity contribution is -0.274. The fourth-order valence-corrected chi connectivity index (χ4v) is 5.45. The highest BCUT2D eigenvalue weighted by Gasteiger charge is 2.31. The number of ether oxygens (including phenoxy) is 1. The summed E-state index contributed by atoms with van der Waals surface area (Å²) in [5, 5.41) is 17.5. The molecule has 4 aromatic carbocycles. The van der Waals surface area contributed by atoms with Crippen molar-refractivity contribution in [3.63, 3.8) is 0 Å². The Labute approximate surface area is 245 Å². The van der Waals surface area contributed by atoms with Crippen LogP contribution in [0.2, 0.25) is 0 Å². The molecule has 1 atom stereocenters. The minimum atomic E-state index is -4.78. The van der Waals surface area contributed by atoms with E-state index in [1.54, 1.807) is 0 Å². The van der Waals surface area contributed by atoms with Gasteiger partial charge in [-0.25, -0.2) is 0 Å². The van der Waals surface area contributed by atoms with E-state index in [1.165, 1.54) is 29.8 Å². The third-order valence-electron chi connectivity index (χ3n) is 7.42. The van der Waals surface area contributed by atoms with Crippen LogP contribution < -0.4 is 15.0 Å². The van der Waals surface area contributed by atoms with E-state index in [0.29, 0.717) is 23.0 Å². The van der Waals surface area contributed by atoms with E-state index in [4.69, 9.17) is 0 Å². The Hall–Kier alpha value is -5.19. The monoisotopic (exact) mass is 584 g/mol. The minimum absolute atomic E-state index is 0.0257. The Morgan fingerprint density at radius 2 is 1.70 bits per heavy atom. The zero-order chi connectivity index (χ0) is 29.8. The average molecular weight is 585 g/mol. The fraction of sp³-hybridized carbons (Fsp3) is 0.188. The number of alkyl halides is 3. The average Bonchev–Trinajstić information content (AvgIpc) is 3.71. The molecular formula is C32H27F3N6O2. The molecule has 1 aliphatic rings. The number of hydrogen-bond acceptors (Lipinski definition) is 6. The Kier molecular flexibility index (Phi) is 7.78. The standard InChI is InChI=1S/C32H27F3N6O2/c33-32(34,35)43-25-13-10-21(11-14-25)18-30(42)36-28-19-23(26-8-4-5-9-27(26)31-37-39-40-38-31)12-15-29(28)41-17-16-24(20-41)22-6-2-1-3-7-22/h1-15,19,24H,16-18,20H2,(H,36,42)(H,37,38,39,40). The Morgan fingerprint density at radius 3 is 2.42 bits per heavy atom. The molecule has 43 heavy (non-hydrogen) atoms. The number of aromatic amines is 1. The molecule has 1 aliphatic heterocycles. The van der Waals surface area contributed by atoms with Gasteiger partial charge in [0.1, 0.15) is 5.75 Å². The third-order valence-corrected chi connectivity index (χ3v) is 7.42. The number of rotatable bonds is 8. The molecule has 2 N–H and O–H groups in total. The molecule has 5 aromatic rings. The molecule has 6 rings (SSSR count). The number of carbonyl (C=O) groups excluding carboxylic acids is 1. The molecule has 0 aliphatic carbocycles. The molecule has 1 unspecified atom stereocenters. The lowest BCUT2D eigenvalue weighted by Crippen LogP contribution is -2.23. The summed E-state index contributed by atoms with van der Waals surface area (Å²) < 4.78 is 41.6. The van der Waals surface area contributed by atoms with Crippen molar-refractivity contribution in [1.82, 2.24) is 20.6 Å². The van der Waals surface area contributed by atoms with E-state index in [2.05, 4.69) is 47.7 Å². The van der Waals surface area contributed by atoms with Crippen molar-refractivity contribution in [2.24, 2.45) is 0 Å². The lowest BCUT2D eigenvalue weighted by atomic mass is 9.97. The summed E-state index contributed by atoms with van der Waals surface area (Å²) in [4.78, 5) is 15.5. The van der Waals surface area contributed by atoms with Crippen molar-refractivity contribution in [3.8, 4) is 28.3 Å². The first-order valence-electron chi connectivity index (χ1n) is 13.7. The number of benzene rings is 4. The Balaban J connectivity index is 1.29. The second-order valence-corrected chi connectivity index (χ2v) is 10.3. The molecular weight excluding hydrogens is 557 g/mol. The molecule has 0 spiro atoms. The molecule has 0 bridgehead atoms. The number of nitrogens with zero attached hydrogens (tertiary/aromatic N) is 4. The first kappa shape index (κ1) is 28.0. The zero-order valence-electron chi connectivity index (χ0n) is 22.9. The summed E-state index contributed by atoms with van der Waals surface area (Å²) in [7, 11) is 0. The summed E-state index contributed by atoms with van der Waals surface area (Å²) in [6.45, 7) is 1.62. The van der Waals surface area contributed by atoms with Crippen LogP contribution in [-0.4, -0.2) is 46.0 Å². The van der Waals surface area contributed by atoms with Crippen LogP contribution in [-0.2, 0) is 11.2 Å². The van der Waals surface area contributed by atoms with Crippen LogP contribution in [0, 0.1) is 0 Å². The highest BCUT2D eigenvalue weighted by atomic mass is 19.4. The molecule has 1 saturated heterocycles. The maximum Gasteiger partial charge on any atom is 0.573 e. The molecule has 1 aromatic heterocycles. The molecule has 8 nitrogen and oxygen atoms in total. The first-order valence-corrected chi connectivity index (χ1v) is 13.7. The molecule has 2 heterocycles. The summed E-state index contributed by atoms with van der Waals surface area (Å²) in [6, 6.07) is 29.3. The van der Waals surface area contributed by atoms with E-state index in [0.717, 1.165) is 41.9 Å². The van der Waals surface area contributed by atoms with Gasteiger partial charge in [0.25, 0.3) is 0 Å². The number of carbonyl (C=O) groups is 1. The third kappa shape index (κ3) is 6.66. The van der Waals surface area contributed by atoms with E-state index in [-0.39, 0.29) is 18.1 Å². The molecule has 1 fully saturated rings. The largest absolute Gasteiger partial charge is 0.573 e. The SMILES string of the molecule is O=C(Cc1ccc(OC(F)(F)F)cc1)Nc1cc(-c2ccccc2-c2nn[nH]n2)ccc1N1CCC(c2ccccc2)C1. The number of amides is 1. The van der Waals surface area contributed by atoms with Gasteiger partial charge in [-0.1, -0.05) is 72.8 Å². The van der Waals surface area contributed by atoms with Crippen LogP contribution in [0.4, 0.5) is 24.5 Å². The maximum atomic E-state index is 13.3. The van der Waals surface area contributed by atoms with Crippen LogP contribution in [0.1, 0.15) is 23.5 Å². The van der Waals surface area contributed by atoms with Crippen LogP contribution in [0.3, 0.4) is 0 Å². The van der Waals surface area contributed by atoms with Crippen LogP contribution in [0.25, 0.3) is 22.5 Å². The van der Waals surface area contributed by atoms with Gasteiger partial charge in [0.05, 0.1) is 17.8 Å². The van der Waals surface area contributed by atoms with Gasteiger partial charge >= 0.3 is 6.36 Å². The highest BCUT2D eigenvalue weighted by Crippen LogP contribution is 2.39. The smallest absolute Gasteiger partial charge is 0.406 e. The van der Waals surface area contributed by atoms with Crippen LogP contribution in [0.15, 0.2) is 97.1 Å². The van der Waals surface area contributed by atoms with Crippen LogP contribution in [0.5, 0.6) is 5.75 Å². The van der Waals surface area contributed by atoms with Crippen LogP contribution >= 0.6 is 0 Å². The van der Waals surface area contributed by atoms with E-state index >= 15 is 0 Å². The summed E-state index contributed by atoms with van der Waals surface area (Å²) in [6.07, 6.45) is -3.83. The van der Waals surface area contributed by atoms with E-state index < -0.39 is 6.36 Å². The van der Waals surface area contributed by atoms with Gasteiger partial charge in [-0.2, -0.15) is 5.21 Å². The van der Waals surface area contributed by atoms with Crippen molar-refractivity contribution >= 4 is 17.3 Å². The number of halogens is 3. The van der Waals surface area contributed by atoms with Crippen molar-refractivity contribution in [2.75, 3.05) is 23.3 Å². The second kappa shape index (κ2) is 12.0. The maximum absolute atomic E-state index is 13.3. The van der Waals surface area contributed by atoms with Gasteiger partial charge in [0, 0.05) is 24.6 Å². The topological polar surface area (TPSA) is 96.0 Å². The predicted octanol–water partition coefficient (Wildman–Crippen LogP) is 6.61. The van der Waals surface area contributed by atoms with Gasteiger partial charge in [0.2, 0.25) is 11.7 Å². The van der Waals surface area contributed by atoms with Gasteiger partial charge in [0.15, 0.2) is 0 Å². The number of hydrogen-bond donors (Lipinski definition) is 2. The van der Waals surface area contributed by atoms with Gasteiger partial charge in [-0.05, 0) is 58.2 Å². The number of nitrogens with one attached hydrogen (secondary N) is 2. The predicted molar refractivity (Wildman–Crippen MR) is 157 cm³/mol. The fourth-order valence-electron chi connectivity index (χ4n) is 5.45. The summed E-state index contributed by atoms with van der Waals surface area (Å²) >= 11 is 0. The van der Waals surface area contributed by atoms with Crippen molar-refractivity contribution in [1.29, 1.82) is 0 Å². The Morgan fingerprint density at radius 1 is 0.953 bits per heavy atom. The molecule has 1 amide bonds. The van der Waals surface area contributed by atoms with Crippen molar-refractivity contribution < 1.29 is 22.7 Å². The molecule has 0 radical (unpaired) electrons. The lowest BCUT2D eigenvalue weighted by Gasteiger charge is -2.24. The van der Waals surface area contributed by atoms with Gasteiger partial charge in [-0.3, -0.25) is 4.79 Å². The highest BCUT2D eigenvalue weighted by molar-refractivity contribution is 5.97. The normalized spacial score (nSPS) is 15.0. The first-order chi connectivity index (χ1) is 20.8. The van der Waals surface area contributed by atoms with Crippen molar-refractivity contribution in [3.05, 3.63) is 108 Å². The minimum Gasteiger partial charge on any atom is -0.406 e. The molecule has 11 heteroatoms. The zero-order valence-corrected chi connectivity index (χ0v) is 22.9. The second-order valence-electron chi connectivity index (χ2n) is 10.3. The summed E-state index contributed by atoms with van der Waals surface area (Å²) in [5.41, 5.74) is 5.86. The number of H-pyrrole nitrogens is 1.